The molecule has 1 aromatic rings. The lowest BCUT2D eigenvalue weighted by atomic mass is 10.0. The van der Waals surface area contributed by atoms with Gasteiger partial charge in [0.1, 0.15) is 6.61 Å². The van der Waals surface area contributed by atoms with Gasteiger partial charge in [-0.15, -0.1) is 0 Å². The van der Waals surface area contributed by atoms with Crippen molar-refractivity contribution in [1.29, 1.82) is 0 Å². The van der Waals surface area contributed by atoms with E-state index in [1.54, 1.807) is 0 Å². The first-order valence-electron chi connectivity index (χ1n) is 11.8. The van der Waals surface area contributed by atoms with Gasteiger partial charge in [0.05, 0.1) is 0 Å². The zero-order valence-corrected chi connectivity index (χ0v) is 19.4. The Morgan fingerprint density at radius 1 is 0.724 bits per heavy atom. The minimum absolute atomic E-state index is 0.0917. The quantitative estimate of drug-likeness (QED) is 0.272. The molecular weight excluding hydrogens is 360 g/mol. The summed E-state index contributed by atoms with van der Waals surface area (Å²) in [6.07, 6.45) is 7.58. The number of aryl methyl sites for hydroxylation is 2. The van der Waals surface area contributed by atoms with E-state index in [-0.39, 0.29) is 5.97 Å². The average Bonchev–Trinajstić information content (AvgIpc) is 2.75. The molecule has 0 unspecified atom stereocenters. The highest BCUT2D eigenvalue weighted by Crippen LogP contribution is 2.12. The van der Waals surface area contributed by atoms with E-state index in [4.69, 9.17) is 4.74 Å². The third-order valence-electron chi connectivity index (χ3n) is 5.79. The second-order valence-electron chi connectivity index (χ2n) is 7.75. The van der Waals surface area contributed by atoms with Crippen molar-refractivity contribution < 1.29 is 9.53 Å². The summed E-state index contributed by atoms with van der Waals surface area (Å²) in [5, 5.41) is 0. The van der Waals surface area contributed by atoms with Crippen LogP contribution in [0, 0.1) is 0 Å². The van der Waals surface area contributed by atoms with E-state index in [9.17, 15) is 4.79 Å². The Morgan fingerprint density at radius 3 is 1.83 bits per heavy atom. The lowest BCUT2D eigenvalue weighted by Gasteiger charge is -2.17. The minimum atomic E-state index is -0.0917. The van der Waals surface area contributed by atoms with Gasteiger partial charge in [-0.2, -0.15) is 0 Å². The molecule has 4 nitrogen and oxygen atoms in total. The number of esters is 1. The number of likely N-dealkylation sites (N-methyl/N-ethyl adjacent to an activating group) is 1. The highest BCUT2D eigenvalue weighted by Gasteiger charge is 2.06. The second-order valence-corrected chi connectivity index (χ2v) is 7.75. The maximum absolute atomic E-state index is 11.9. The molecule has 0 aromatic heterocycles. The standard InChI is InChI=1S/C25H44N2O2/c1-5-26(6-2)20-12-10-9-11-13-23-14-16-24(17-15-23)18-19-25(28)29-22-21-27(7-3)8-4/h14-17H,5-13,18-22H2,1-4H3. The summed E-state index contributed by atoms with van der Waals surface area (Å²) in [7, 11) is 0. The fourth-order valence-electron chi connectivity index (χ4n) is 3.58. The van der Waals surface area contributed by atoms with Gasteiger partial charge in [-0.25, -0.2) is 0 Å². The van der Waals surface area contributed by atoms with Crippen molar-refractivity contribution in [2.75, 3.05) is 45.9 Å². The van der Waals surface area contributed by atoms with E-state index >= 15 is 0 Å². The van der Waals surface area contributed by atoms with E-state index in [0.717, 1.165) is 45.6 Å². The fourth-order valence-corrected chi connectivity index (χ4v) is 3.58. The molecule has 0 aliphatic rings. The number of unbranched alkanes of at least 4 members (excludes halogenated alkanes) is 3. The SMILES string of the molecule is CCN(CC)CCCCCCc1ccc(CCC(=O)OCCN(CC)CC)cc1. The van der Waals surface area contributed by atoms with Crippen LogP contribution in [0.2, 0.25) is 0 Å². The molecule has 4 heteroatoms. The Labute approximate surface area is 179 Å². The number of hydrogen-bond donors (Lipinski definition) is 0. The molecule has 0 radical (unpaired) electrons. The summed E-state index contributed by atoms with van der Waals surface area (Å²) < 4.78 is 5.35. The van der Waals surface area contributed by atoms with Crippen LogP contribution in [0.3, 0.4) is 0 Å². The van der Waals surface area contributed by atoms with Crippen LogP contribution < -0.4 is 0 Å². The van der Waals surface area contributed by atoms with Gasteiger partial charge >= 0.3 is 5.97 Å². The molecule has 0 aliphatic heterocycles. The first-order chi connectivity index (χ1) is 14.1. The Hall–Kier alpha value is -1.39. The number of ether oxygens (including phenoxy) is 1. The van der Waals surface area contributed by atoms with Crippen LogP contribution in [0.15, 0.2) is 24.3 Å². The first kappa shape index (κ1) is 25.6. The van der Waals surface area contributed by atoms with Crippen LogP contribution in [0.25, 0.3) is 0 Å². The number of nitrogens with zero attached hydrogens (tertiary/aromatic N) is 2. The summed E-state index contributed by atoms with van der Waals surface area (Å²) >= 11 is 0. The van der Waals surface area contributed by atoms with Crippen LogP contribution in [-0.2, 0) is 22.4 Å². The van der Waals surface area contributed by atoms with Crippen LogP contribution in [0.5, 0.6) is 0 Å². The molecule has 0 N–H and O–H groups in total. The largest absolute Gasteiger partial charge is 0.464 e. The molecular formula is C25H44N2O2. The molecule has 0 atom stereocenters. The monoisotopic (exact) mass is 404 g/mol. The average molecular weight is 405 g/mol. The van der Waals surface area contributed by atoms with Crippen molar-refractivity contribution in [1.82, 2.24) is 9.80 Å². The number of carbonyl (C=O) groups excluding carboxylic acids is 1. The third-order valence-corrected chi connectivity index (χ3v) is 5.79. The van der Waals surface area contributed by atoms with E-state index in [2.05, 4.69) is 61.8 Å². The van der Waals surface area contributed by atoms with Crippen LogP contribution in [0.4, 0.5) is 0 Å². The van der Waals surface area contributed by atoms with Gasteiger partial charge in [0.25, 0.3) is 0 Å². The number of benzene rings is 1. The second kappa shape index (κ2) is 16.4. The van der Waals surface area contributed by atoms with Gasteiger partial charge in [0, 0.05) is 13.0 Å². The Kier molecular flexibility index (Phi) is 14.5. The summed E-state index contributed by atoms with van der Waals surface area (Å²) in [6.45, 7) is 15.6. The van der Waals surface area contributed by atoms with E-state index in [0.29, 0.717) is 13.0 Å². The lowest BCUT2D eigenvalue weighted by Crippen LogP contribution is -2.27. The van der Waals surface area contributed by atoms with Gasteiger partial charge in [-0.3, -0.25) is 4.79 Å². The Bertz CT molecular complexity index is 522. The molecule has 0 spiro atoms. The number of carbonyl (C=O) groups is 1. The summed E-state index contributed by atoms with van der Waals surface area (Å²) in [5.74, 6) is -0.0917. The molecule has 0 saturated carbocycles. The molecule has 0 aliphatic carbocycles. The zero-order chi connectivity index (χ0) is 21.3. The fraction of sp³-hybridized carbons (Fsp3) is 0.720. The first-order valence-corrected chi connectivity index (χ1v) is 11.8. The van der Waals surface area contributed by atoms with Gasteiger partial charge < -0.3 is 14.5 Å². The smallest absolute Gasteiger partial charge is 0.306 e. The molecule has 29 heavy (non-hydrogen) atoms. The van der Waals surface area contributed by atoms with Crippen molar-refractivity contribution in [2.24, 2.45) is 0 Å². The lowest BCUT2D eigenvalue weighted by molar-refractivity contribution is -0.144. The van der Waals surface area contributed by atoms with Crippen molar-refractivity contribution >= 4 is 5.97 Å². The van der Waals surface area contributed by atoms with Crippen molar-refractivity contribution in [2.45, 2.75) is 72.6 Å². The molecule has 0 bridgehead atoms. The highest BCUT2D eigenvalue weighted by atomic mass is 16.5. The Balaban J connectivity index is 2.14. The molecule has 0 saturated heterocycles. The third kappa shape index (κ3) is 12.0. The molecule has 0 amide bonds. The van der Waals surface area contributed by atoms with Crippen molar-refractivity contribution in [3.05, 3.63) is 35.4 Å². The summed E-state index contributed by atoms with van der Waals surface area (Å²) in [5.41, 5.74) is 2.62. The Morgan fingerprint density at radius 2 is 1.24 bits per heavy atom. The molecule has 1 aromatic carbocycles. The molecule has 0 fully saturated rings. The maximum Gasteiger partial charge on any atom is 0.306 e. The van der Waals surface area contributed by atoms with Gasteiger partial charge in [-0.05, 0) is 69.5 Å². The van der Waals surface area contributed by atoms with Crippen LogP contribution in [0.1, 0.15) is 70.9 Å². The van der Waals surface area contributed by atoms with Crippen molar-refractivity contribution in [3.8, 4) is 0 Å². The molecule has 0 heterocycles. The zero-order valence-electron chi connectivity index (χ0n) is 19.4. The van der Waals surface area contributed by atoms with Crippen LogP contribution in [-0.4, -0.2) is 61.6 Å². The van der Waals surface area contributed by atoms with Gasteiger partial charge in [0.2, 0.25) is 0 Å². The van der Waals surface area contributed by atoms with Crippen molar-refractivity contribution in [3.63, 3.8) is 0 Å². The normalized spacial score (nSPS) is 11.4. The van der Waals surface area contributed by atoms with Gasteiger partial charge in [0.15, 0.2) is 0 Å². The minimum Gasteiger partial charge on any atom is -0.464 e. The molecule has 166 valence electrons. The van der Waals surface area contributed by atoms with Crippen LogP contribution >= 0.6 is 0 Å². The number of hydrogen-bond acceptors (Lipinski definition) is 4. The number of rotatable bonds is 17. The van der Waals surface area contributed by atoms with E-state index in [1.165, 1.54) is 43.4 Å². The predicted molar refractivity (Wildman–Crippen MR) is 123 cm³/mol. The van der Waals surface area contributed by atoms with E-state index in [1.807, 2.05) is 0 Å². The predicted octanol–water partition coefficient (Wildman–Crippen LogP) is 4.95. The summed E-state index contributed by atoms with van der Waals surface area (Å²) in [4.78, 5) is 16.7. The maximum atomic E-state index is 11.9. The summed E-state index contributed by atoms with van der Waals surface area (Å²) in [6, 6.07) is 8.77. The topological polar surface area (TPSA) is 32.8 Å². The highest BCUT2D eigenvalue weighted by molar-refractivity contribution is 5.69. The van der Waals surface area contributed by atoms with E-state index < -0.39 is 0 Å². The molecule has 1 rings (SSSR count). The van der Waals surface area contributed by atoms with Gasteiger partial charge in [-0.1, -0.05) is 64.8 Å².